The van der Waals surface area contributed by atoms with Crippen molar-refractivity contribution in [2.45, 2.75) is 229 Å². The number of likely N-dealkylation sites (N-methyl/N-ethyl adjacent to an activating group) is 3. The number of phenols is 1. The highest BCUT2D eigenvalue weighted by Crippen LogP contribution is 2.28. The number of rotatable bonds is 24. The Labute approximate surface area is 758 Å². The number of thioether (sulfide) groups is 1. The van der Waals surface area contributed by atoms with Gasteiger partial charge in [0.05, 0.1) is 31.0 Å². The summed E-state index contributed by atoms with van der Waals surface area (Å²) in [4.78, 5) is 264. The van der Waals surface area contributed by atoms with Gasteiger partial charge in [-0.3, -0.25) is 86.5 Å². The molecule has 3 aliphatic rings. The number of hydrogen-bond acceptors (Lipinski definition) is 22. The fraction of sp³-hybridized carbons (Fsp3) is 0.528. The molecule has 41 heteroatoms. The third kappa shape index (κ3) is 28.0. The van der Waals surface area contributed by atoms with Crippen LogP contribution in [0.1, 0.15) is 142 Å². The first kappa shape index (κ1) is 102. The second-order valence-electron chi connectivity index (χ2n) is 33.5. The highest BCUT2D eigenvalue weighted by atomic mass is 32.2. The van der Waals surface area contributed by atoms with E-state index in [9.17, 15) is 58.2 Å². The number of carbonyl (C=O) groups excluding carboxylic acids is 17. The number of nitrogens with one attached hydrogen (secondary N) is 13. The van der Waals surface area contributed by atoms with Crippen LogP contribution in [0.5, 0.6) is 5.75 Å². The lowest BCUT2D eigenvalue weighted by Gasteiger charge is -2.36. The van der Waals surface area contributed by atoms with Crippen LogP contribution in [-0.2, 0) is 101 Å². The summed E-state index contributed by atoms with van der Waals surface area (Å²) >= 11 is 0.786. The molecule has 130 heavy (non-hydrogen) atoms. The number of aromatic amines is 2. The number of primary amides is 2. The van der Waals surface area contributed by atoms with E-state index in [1.54, 1.807) is 81.8 Å². The molecule has 17 amide bonds. The molecule has 40 nitrogen and oxygen atoms in total. The number of aliphatic hydroxyl groups is 1. The average Bonchev–Trinajstić information content (AvgIpc) is 1.43. The summed E-state index contributed by atoms with van der Waals surface area (Å²) in [5.74, 6) is -16.6. The van der Waals surface area contributed by atoms with Gasteiger partial charge in [0.25, 0.3) is 0 Å². The molecule has 3 aromatic carbocycles. The number of aromatic hydroxyl groups is 1. The van der Waals surface area contributed by atoms with Gasteiger partial charge in [0, 0.05) is 113 Å². The molecule has 706 valence electrons. The van der Waals surface area contributed by atoms with Crippen LogP contribution < -0.4 is 70.0 Å². The van der Waals surface area contributed by atoms with Gasteiger partial charge in [-0.2, -0.15) is 0 Å². The summed E-state index contributed by atoms with van der Waals surface area (Å²) in [6, 6.07) is -1.06. The van der Waals surface area contributed by atoms with E-state index in [0.29, 0.717) is 64.2 Å². The van der Waals surface area contributed by atoms with E-state index >= 15 is 33.6 Å². The van der Waals surface area contributed by atoms with Gasteiger partial charge in [-0.05, 0) is 112 Å². The van der Waals surface area contributed by atoms with Gasteiger partial charge < -0.3 is 115 Å². The molecule has 8 rings (SSSR count). The standard InChI is InChI=1S/C89H125N21O19S/c1-12-14-26-69-82(122)97-50(5)76(116)105-68(78(118)96-45-74(91)114)47-130-48-75(115)98-64(37-52-30-32-56(112)33-31-52)85(125)106(9)51(6)77(117)101-66(41-73(90)113)88(128)110-35-21-29-71(110)84(124)100-62(40-55(93-8)44-92-7)80(120)102-63(36-49(3)4)87(127)109-34-20-28-70(109)83(123)99-61(38-53-42-94-59-24-18-16-22-57(53)59)79(119)104-67(46-111)81(121)103-65(39-54-43-95-60-25-19-17-23-58(54)60)86(126)108(11)72(27-15-13-2)89(129)107(69)10/h16-19,22-25,30-33,42-44,49-51,61-72,92,94-95,111-112H,8,12-15,20-21,26-29,34-41,45-48H2,1-7,9-11H3,(H2,90,113)(H2,91,114)(H,96,118)(H,97,122)(H,98,115)(H,99,123)(H,100,124)(H,101,117)(H,102,120)(H,103,121)(H,104,119)(H,105,116)/b55-44-/t50-,51-,61-,62-,63-,64-,65-,66-,67-,68-,69-,70-,71-,72-/m0/s1. The minimum atomic E-state index is -1.83. The lowest BCUT2D eigenvalue weighted by atomic mass is 10.00. The molecule has 0 aliphatic carbocycles. The number of fused-ring (bicyclic) bond motifs is 4. The Balaban J connectivity index is 1.18. The average molecular weight is 1830 g/mol. The van der Waals surface area contributed by atoms with Gasteiger partial charge in [0.15, 0.2) is 0 Å². The number of benzene rings is 3. The number of unbranched alkanes of at least 4 members (excludes halogenated alkanes) is 2. The third-order valence-corrected chi connectivity index (χ3v) is 24.4. The zero-order valence-electron chi connectivity index (χ0n) is 75.2. The molecule has 3 saturated heterocycles. The molecule has 0 saturated carbocycles. The van der Waals surface area contributed by atoms with Crippen molar-refractivity contribution < 1.29 is 91.7 Å². The molecule has 0 radical (unpaired) electrons. The maximum atomic E-state index is 15.6. The number of nitrogens with two attached hydrogens (primary N) is 2. The molecule has 5 heterocycles. The Morgan fingerprint density at radius 1 is 0.554 bits per heavy atom. The first-order valence-electron chi connectivity index (χ1n) is 43.8. The van der Waals surface area contributed by atoms with Gasteiger partial charge in [-0.15, -0.1) is 11.8 Å². The monoisotopic (exact) mass is 1820 g/mol. The summed E-state index contributed by atoms with van der Waals surface area (Å²) in [5.41, 5.74) is 14.1. The molecule has 14 atom stereocenters. The maximum absolute atomic E-state index is 15.6. The van der Waals surface area contributed by atoms with Crippen molar-refractivity contribution in [1.29, 1.82) is 0 Å². The fourth-order valence-electron chi connectivity index (χ4n) is 16.0. The van der Waals surface area contributed by atoms with E-state index in [4.69, 9.17) is 11.5 Å². The minimum Gasteiger partial charge on any atom is -0.508 e. The van der Waals surface area contributed by atoms with Crippen LogP contribution in [0.4, 0.5) is 0 Å². The van der Waals surface area contributed by atoms with Crippen molar-refractivity contribution in [3.05, 3.63) is 114 Å². The topological polar surface area (TPSA) is 575 Å². The summed E-state index contributed by atoms with van der Waals surface area (Å²) in [6.07, 6.45) is 5.17. The van der Waals surface area contributed by atoms with Crippen molar-refractivity contribution >= 4 is 141 Å². The quantitative estimate of drug-likeness (QED) is 0.0331. The molecule has 0 unspecified atom stereocenters. The number of para-hydroxylation sites is 2. The largest absolute Gasteiger partial charge is 0.508 e. The number of nitrogens with zero attached hydrogens (tertiary/aromatic N) is 6. The number of amides is 17. The van der Waals surface area contributed by atoms with Gasteiger partial charge in [0.2, 0.25) is 100 Å². The number of phenolic OH excluding ortho intramolecular Hbond substituents is 1. The van der Waals surface area contributed by atoms with Crippen LogP contribution in [0, 0.1) is 5.92 Å². The van der Waals surface area contributed by atoms with E-state index in [2.05, 4.69) is 80.2 Å². The summed E-state index contributed by atoms with van der Waals surface area (Å²) in [7, 11) is 5.51. The van der Waals surface area contributed by atoms with Crippen LogP contribution in [-0.4, -0.2) is 302 Å². The van der Waals surface area contributed by atoms with Crippen molar-refractivity contribution in [1.82, 2.24) is 93.0 Å². The Bertz CT molecular complexity index is 4940. The molecule has 3 aliphatic heterocycles. The van der Waals surface area contributed by atoms with E-state index in [-0.39, 0.29) is 101 Å². The summed E-state index contributed by atoms with van der Waals surface area (Å²) in [6.45, 7) is 11.6. The second kappa shape index (κ2) is 49.0. The van der Waals surface area contributed by atoms with Gasteiger partial charge >= 0.3 is 0 Å². The molecule has 2 aromatic heterocycles. The van der Waals surface area contributed by atoms with Crippen molar-refractivity contribution in [3.63, 3.8) is 0 Å². The van der Waals surface area contributed by atoms with E-state index < -0.39 is 216 Å². The van der Waals surface area contributed by atoms with E-state index in [1.807, 2.05) is 13.8 Å². The summed E-state index contributed by atoms with van der Waals surface area (Å²) < 4.78 is 0. The van der Waals surface area contributed by atoms with E-state index in [0.717, 1.165) is 26.5 Å². The SMILES string of the molecule is C=N/C(=C\NC)C[C@@H]1NC(=O)[C@@H]2CCCN2C(=O)[C@H](CC(N)=O)NC(=O)[C@H](C)N(C)C(=O)[C@H](Cc2ccc(O)cc2)NC(=O)CSC[C@@H](C(=O)NCC(N)=O)NC(=O)[C@H](C)NC(=O)[C@H](CCCC)N(C)C(=O)[C@H](CCCC)N(C)C(=O)[C@H](Cc2c[nH]c3ccccc23)NC(=O)[C@H](CO)NC(=O)[C@H](Cc2c[nH]c3ccccc23)NC(=O)[C@@H]2CCCN2C(=O)[C@H](CC(C)C)NC1=O. The molecule has 5 aromatic rings. The lowest BCUT2D eigenvalue weighted by molar-refractivity contribution is -0.149. The molecular formula is C89H125N21O19S. The predicted octanol–water partition coefficient (Wildman–Crippen LogP) is -0.957. The Morgan fingerprint density at radius 3 is 1.61 bits per heavy atom. The highest BCUT2D eigenvalue weighted by Gasteiger charge is 2.45. The van der Waals surface area contributed by atoms with Crippen molar-refractivity contribution in [2.24, 2.45) is 22.4 Å². The van der Waals surface area contributed by atoms with Crippen LogP contribution in [0.2, 0.25) is 0 Å². The zero-order chi connectivity index (χ0) is 95.3. The number of aliphatic hydroxyl groups excluding tert-OH is 1. The Hall–Kier alpha value is -13.0. The Morgan fingerprint density at radius 2 is 1.05 bits per heavy atom. The van der Waals surface area contributed by atoms with Crippen molar-refractivity contribution in [2.75, 3.05) is 65.9 Å². The van der Waals surface area contributed by atoms with Crippen molar-refractivity contribution in [3.8, 4) is 5.75 Å². The number of H-pyrrole nitrogens is 2. The zero-order valence-corrected chi connectivity index (χ0v) is 76.0. The number of hydrogen-bond donors (Lipinski definition) is 17. The van der Waals surface area contributed by atoms with Crippen LogP contribution in [0.25, 0.3) is 21.8 Å². The normalized spacial score (nSPS) is 24.8. The second-order valence-corrected chi connectivity index (χ2v) is 34.5. The lowest BCUT2D eigenvalue weighted by Crippen LogP contribution is -2.61. The minimum absolute atomic E-state index is 0.00339. The maximum Gasteiger partial charge on any atom is 0.246 e. The smallest absolute Gasteiger partial charge is 0.246 e. The predicted molar refractivity (Wildman–Crippen MR) is 484 cm³/mol. The van der Waals surface area contributed by atoms with Gasteiger partial charge in [-0.25, -0.2) is 0 Å². The first-order valence-corrected chi connectivity index (χ1v) is 44.9. The molecule has 3 fully saturated rings. The first-order chi connectivity index (χ1) is 61.9. The fourth-order valence-corrected chi connectivity index (χ4v) is 16.9. The third-order valence-electron chi connectivity index (χ3n) is 23.4. The molecule has 0 spiro atoms. The molecular weight excluding hydrogens is 1700 g/mol. The number of carbonyl (C=O) groups is 17. The van der Waals surface area contributed by atoms with Crippen LogP contribution in [0.3, 0.4) is 0 Å². The van der Waals surface area contributed by atoms with Gasteiger partial charge in [-0.1, -0.05) is 102 Å². The highest BCUT2D eigenvalue weighted by molar-refractivity contribution is 8.00. The van der Waals surface area contributed by atoms with Crippen LogP contribution in [0.15, 0.2) is 102 Å². The number of aliphatic imine (C=N–C) groups is 1. The summed E-state index contributed by atoms with van der Waals surface area (Å²) in [5, 5.41) is 52.0. The van der Waals surface area contributed by atoms with E-state index in [1.165, 1.54) is 75.3 Å². The Kier molecular flexibility index (Phi) is 38.6. The molecule has 0 bridgehead atoms. The van der Waals surface area contributed by atoms with Gasteiger partial charge in [0.1, 0.15) is 90.3 Å². The molecule has 19 N–H and O–H groups in total. The van der Waals surface area contributed by atoms with Crippen LogP contribution >= 0.6 is 11.8 Å². The number of aromatic nitrogens is 2.